The maximum absolute atomic E-state index is 12.8. The third-order valence-corrected chi connectivity index (χ3v) is 4.57. The Labute approximate surface area is 155 Å². The van der Waals surface area contributed by atoms with Gasteiger partial charge in [-0.2, -0.15) is 26.7 Å². The van der Waals surface area contributed by atoms with Crippen LogP contribution in [0.1, 0.15) is 51.9 Å². The molecular weight excluding hydrogens is 391 g/mol. The highest BCUT2D eigenvalue weighted by Crippen LogP contribution is 2.35. The molecule has 0 aromatic carbocycles. The van der Waals surface area contributed by atoms with Crippen molar-refractivity contribution < 1.29 is 35.3 Å². The Kier molecular flexibility index (Phi) is 5.43. The second-order valence-electron chi connectivity index (χ2n) is 7.40. The standard InChI is InChI=1S/C15H22F3N3O5S/c1-9(2)21-12(26-27(23,24)15(16,17)18)10-8-20(7-6-11(10)19-21)13(22)25-14(3,4)5/h9H,6-8H2,1-5H3. The van der Waals surface area contributed by atoms with Crippen LogP contribution < -0.4 is 4.18 Å². The predicted octanol–water partition coefficient (Wildman–Crippen LogP) is 2.99. The number of amides is 1. The van der Waals surface area contributed by atoms with E-state index in [9.17, 15) is 26.4 Å². The Balaban J connectivity index is 2.40. The first kappa shape index (κ1) is 21.3. The number of carbonyl (C=O) groups is 1. The van der Waals surface area contributed by atoms with Gasteiger partial charge >= 0.3 is 21.7 Å². The quantitative estimate of drug-likeness (QED) is 0.559. The first-order chi connectivity index (χ1) is 12.1. The molecule has 0 unspecified atom stereocenters. The van der Waals surface area contributed by atoms with Gasteiger partial charge in [0, 0.05) is 13.0 Å². The Hall–Kier alpha value is -1.98. The summed E-state index contributed by atoms with van der Waals surface area (Å²) in [4.78, 5) is 13.5. The van der Waals surface area contributed by atoms with Crippen LogP contribution in [0.2, 0.25) is 0 Å². The van der Waals surface area contributed by atoms with Gasteiger partial charge in [-0.15, -0.1) is 0 Å². The van der Waals surface area contributed by atoms with Crippen LogP contribution in [0.3, 0.4) is 0 Å². The van der Waals surface area contributed by atoms with Gasteiger partial charge in [-0.3, -0.25) is 0 Å². The largest absolute Gasteiger partial charge is 0.534 e. The van der Waals surface area contributed by atoms with E-state index in [-0.39, 0.29) is 25.1 Å². The van der Waals surface area contributed by atoms with Crippen LogP contribution >= 0.6 is 0 Å². The predicted molar refractivity (Wildman–Crippen MR) is 88.6 cm³/mol. The molecule has 0 aliphatic carbocycles. The molecule has 2 rings (SSSR count). The SMILES string of the molecule is CC(C)n1nc2c(c1OS(=O)(=O)C(F)(F)F)CN(C(=O)OC(C)(C)C)CC2. The topological polar surface area (TPSA) is 90.7 Å². The molecule has 8 nitrogen and oxygen atoms in total. The zero-order valence-corrected chi connectivity index (χ0v) is 16.4. The van der Waals surface area contributed by atoms with Crippen molar-refractivity contribution in [1.82, 2.24) is 14.7 Å². The molecule has 1 aliphatic rings. The maximum Gasteiger partial charge on any atom is 0.534 e. The van der Waals surface area contributed by atoms with Gasteiger partial charge in [0.15, 0.2) is 0 Å². The Morgan fingerprint density at radius 3 is 2.30 bits per heavy atom. The molecule has 27 heavy (non-hydrogen) atoms. The van der Waals surface area contributed by atoms with E-state index in [0.29, 0.717) is 5.69 Å². The molecule has 0 saturated heterocycles. The minimum atomic E-state index is -5.87. The summed E-state index contributed by atoms with van der Waals surface area (Å²) in [7, 11) is -5.87. The van der Waals surface area contributed by atoms with Gasteiger partial charge in [0.1, 0.15) is 5.60 Å². The molecule has 0 N–H and O–H groups in total. The molecule has 0 bridgehead atoms. The molecule has 0 fully saturated rings. The van der Waals surface area contributed by atoms with Crippen molar-refractivity contribution in [3.05, 3.63) is 11.3 Å². The third kappa shape index (κ3) is 4.66. The lowest BCUT2D eigenvalue weighted by molar-refractivity contribution is -0.0503. The maximum atomic E-state index is 12.8. The van der Waals surface area contributed by atoms with Crippen LogP contribution in [-0.2, 0) is 27.8 Å². The first-order valence-corrected chi connectivity index (χ1v) is 9.62. The average molecular weight is 413 g/mol. The molecule has 12 heteroatoms. The highest BCUT2D eigenvalue weighted by molar-refractivity contribution is 7.87. The van der Waals surface area contributed by atoms with Crippen LogP contribution in [0.25, 0.3) is 0 Å². The molecule has 0 atom stereocenters. The zero-order valence-electron chi connectivity index (χ0n) is 15.6. The number of fused-ring (bicyclic) bond motifs is 1. The van der Waals surface area contributed by atoms with Gasteiger partial charge in [-0.05, 0) is 34.6 Å². The molecule has 0 saturated carbocycles. The number of hydrogen-bond donors (Lipinski definition) is 0. The van der Waals surface area contributed by atoms with Crippen LogP contribution in [0, 0.1) is 0 Å². The van der Waals surface area contributed by atoms with Crippen molar-refractivity contribution in [3.8, 4) is 5.88 Å². The van der Waals surface area contributed by atoms with Gasteiger partial charge in [0.2, 0.25) is 5.88 Å². The number of carbonyl (C=O) groups excluding carboxylic acids is 1. The molecule has 2 heterocycles. The number of aromatic nitrogens is 2. The number of nitrogens with zero attached hydrogens (tertiary/aromatic N) is 3. The van der Waals surface area contributed by atoms with Crippen molar-refractivity contribution in [3.63, 3.8) is 0 Å². The monoisotopic (exact) mass is 413 g/mol. The minimum Gasteiger partial charge on any atom is -0.444 e. The summed E-state index contributed by atoms with van der Waals surface area (Å²) >= 11 is 0. The highest BCUT2D eigenvalue weighted by Gasteiger charge is 2.50. The summed E-state index contributed by atoms with van der Waals surface area (Å²) in [6, 6.07) is -0.455. The van der Waals surface area contributed by atoms with Crippen molar-refractivity contribution >= 4 is 16.2 Å². The fourth-order valence-corrected chi connectivity index (χ4v) is 2.92. The van der Waals surface area contributed by atoms with Crippen LogP contribution in [0.5, 0.6) is 5.88 Å². The summed E-state index contributed by atoms with van der Waals surface area (Å²) < 4.78 is 72.0. The van der Waals surface area contributed by atoms with E-state index in [4.69, 9.17) is 4.74 Å². The molecule has 1 amide bonds. The Bertz CT molecular complexity index is 825. The van der Waals surface area contributed by atoms with Gasteiger partial charge in [0.25, 0.3) is 0 Å². The zero-order chi connectivity index (χ0) is 20.8. The van der Waals surface area contributed by atoms with Crippen molar-refractivity contribution in [2.45, 2.75) is 64.7 Å². The third-order valence-electron chi connectivity index (χ3n) is 3.62. The fourth-order valence-electron chi connectivity index (χ4n) is 2.44. The molecule has 1 aromatic rings. The van der Waals surface area contributed by atoms with Gasteiger partial charge in [0.05, 0.1) is 23.8 Å². The summed E-state index contributed by atoms with van der Waals surface area (Å²) in [6.07, 6.45) is -0.424. The van der Waals surface area contributed by atoms with E-state index < -0.39 is 39.2 Å². The molecule has 1 aromatic heterocycles. The summed E-state index contributed by atoms with van der Waals surface area (Å²) in [5.74, 6) is -0.536. The second-order valence-corrected chi connectivity index (χ2v) is 8.94. The van der Waals surface area contributed by atoms with E-state index in [1.54, 1.807) is 34.6 Å². The van der Waals surface area contributed by atoms with Gasteiger partial charge in [-0.1, -0.05) is 0 Å². The van der Waals surface area contributed by atoms with Crippen molar-refractivity contribution in [2.75, 3.05) is 6.54 Å². The average Bonchev–Trinajstić information content (AvgIpc) is 2.82. The lowest BCUT2D eigenvalue weighted by atomic mass is 10.1. The normalized spacial score (nSPS) is 15.7. The lowest BCUT2D eigenvalue weighted by Crippen LogP contribution is -2.40. The fraction of sp³-hybridized carbons (Fsp3) is 0.733. The van der Waals surface area contributed by atoms with Crippen molar-refractivity contribution in [2.24, 2.45) is 0 Å². The lowest BCUT2D eigenvalue weighted by Gasteiger charge is -2.29. The molecule has 0 spiro atoms. The molecule has 1 aliphatic heterocycles. The number of halogens is 3. The van der Waals surface area contributed by atoms with Gasteiger partial charge in [-0.25, -0.2) is 9.48 Å². The summed E-state index contributed by atoms with van der Waals surface area (Å²) in [6.45, 7) is 8.36. The van der Waals surface area contributed by atoms with Crippen LogP contribution in [0.15, 0.2) is 0 Å². The van der Waals surface area contributed by atoms with E-state index in [2.05, 4.69) is 9.28 Å². The van der Waals surface area contributed by atoms with Gasteiger partial charge < -0.3 is 13.8 Å². The molecule has 0 radical (unpaired) electrons. The Morgan fingerprint density at radius 2 is 1.81 bits per heavy atom. The number of alkyl halides is 3. The number of ether oxygens (including phenoxy) is 1. The van der Waals surface area contributed by atoms with E-state index in [1.165, 1.54) is 4.90 Å². The number of rotatable bonds is 3. The molecule has 154 valence electrons. The summed E-state index contributed by atoms with van der Waals surface area (Å²) in [5, 5.41) is 4.17. The highest BCUT2D eigenvalue weighted by atomic mass is 32.2. The minimum absolute atomic E-state index is 0.119. The van der Waals surface area contributed by atoms with E-state index in [0.717, 1.165) is 4.68 Å². The Morgan fingerprint density at radius 1 is 1.22 bits per heavy atom. The van der Waals surface area contributed by atoms with E-state index in [1.807, 2.05) is 0 Å². The number of hydrogen-bond acceptors (Lipinski definition) is 6. The van der Waals surface area contributed by atoms with Crippen molar-refractivity contribution in [1.29, 1.82) is 0 Å². The second kappa shape index (κ2) is 6.88. The summed E-state index contributed by atoms with van der Waals surface area (Å²) in [5.41, 5.74) is -5.83. The van der Waals surface area contributed by atoms with Crippen LogP contribution in [-0.4, -0.2) is 46.8 Å². The van der Waals surface area contributed by atoms with Crippen LogP contribution in [0.4, 0.5) is 18.0 Å². The van der Waals surface area contributed by atoms with E-state index >= 15 is 0 Å². The smallest absolute Gasteiger partial charge is 0.444 e. The first-order valence-electron chi connectivity index (χ1n) is 8.21. The molecular formula is C15H22F3N3O5S.